The fourth-order valence-electron chi connectivity index (χ4n) is 6.02. The minimum Gasteiger partial charge on any atom is -0.465 e. The Bertz CT molecular complexity index is 847. The lowest BCUT2D eigenvalue weighted by Crippen LogP contribution is -2.55. The Kier molecular flexibility index (Phi) is 12.3. The van der Waals surface area contributed by atoms with Crippen LogP contribution in [0.25, 0.3) is 0 Å². The Labute approximate surface area is 226 Å². The summed E-state index contributed by atoms with van der Waals surface area (Å²) < 4.78 is 6.20. The maximum atomic E-state index is 13.5. The van der Waals surface area contributed by atoms with Crippen molar-refractivity contribution in [3.63, 3.8) is 0 Å². The zero-order valence-corrected chi connectivity index (χ0v) is 23.1. The summed E-state index contributed by atoms with van der Waals surface area (Å²) in [5, 5.41) is 18.7. The second-order valence-corrected chi connectivity index (χ2v) is 11.0. The normalized spacial score (nSPS) is 21.2. The van der Waals surface area contributed by atoms with E-state index in [0.717, 1.165) is 37.8 Å². The van der Waals surface area contributed by atoms with Gasteiger partial charge in [-0.2, -0.15) is 0 Å². The summed E-state index contributed by atoms with van der Waals surface area (Å²) in [6, 6.07) is 7.96. The van der Waals surface area contributed by atoms with Gasteiger partial charge in [0.05, 0.1) is 12.7 Å². The van der Waals surface area contributed by atoms with Crippen molar-refractivity contribution in [2.24, 2.45) is 11.8 Å². The number of hydrogen-bond donors (Lipinski definition) is 4. The molecule has 4 unspecified atom stereocenters. The van der Waals surface area contributed by atoms with Crippen LogP contribution in [-0.2, 0) is 4.74 Å². The molecule has 0 bridgehead atoms. The van der Waals surface area contributed by atoms with Crippen LogP contribution >= 0.6 is 11.6 Å². The number of halogens is 1. The largest absolute Gasteiger partial charge is 0.465 e. The minimum atomic E-state index is -1.07. The van der Waals surface area contributed by atoms with E-state index in [-0.39, 0.29) is 43.3 Å². The summed E-state index contributed by atoms with van der Waals surface area (Å²) in [6.07, 6.45) is 8.89. The van der Waals surface area contributed by atoms with Crippen LogP contribution in [0.3, 0.4) is 0 Å². The summed E-state index contributed by atoms with van der Waals surface area (Å²) >= 11 is 6.28. The van der Waals surface area contributed by atoms with E-state index >= 15 is 0 Å². The van der Waals surface area contributed by atoms with Crippen molar-refractivity contribution in [2.45, 2.75) is 82.9 Å². The predicted octanol–water partition coefficient (Wildman–Crippen LogP) is 5.42. The first-order valence-electron chi connectivity index (χ1n) is 14.0. The molecule has 1 heterocycles. The summed E-state index contributed by atoms with van der Waals surface area (Å²) in [7, 11) is 1.98. The van der Waals surface area contributed by atoms with Gasteiger partial charge in [0.1, 0.15) is 0 Å². The third-order valence-corrected chi connectivity index (χ3v) is 8.18. The average Bonchev–Trinajstić information content (AvgIpc) is 2.90. The number of carbonyl (C=O) groups excluding carboxylic acids is 1. The van der Waals surface area contributed by atoms with Crippen LogP contribution in [0.15, 0.2) is 24.3 Å². The maximum absolute atomic E-state index is 13.5. The molecule has 1 saturated heterocycles. The Morgan fingerprint density at radius 1 is 1.16 bits per heavy atom. The van der Waals surface area contributed by atoms with Gasteiger partial charge in [0.2, 0.25) is 0 Å². The fourth-order valence-corrected chi connectivity index (χ4v) is 6.22. The van der Waals surface area contributed by atoms with Crippen molar-refractivity contribution in [1.82, 2.24) is 20.9 Å². The van der Waals surface area contributed by atoms with Crippen LogP contribution in [0.2, 0.25) is 5.02 Å². The molecule has 0 aromatic heterocycles. The quantitative estimate of drug-likeness (QED) is 0.267. The molecular formula is C28H45ClN4O4. The Balaban J connectivity index is 1.67. The first kappa shape index (κ1) is 29.5. The van der Waals surface area contributed by atoms with E-state index in [0.29, 0.717) is 17.5 Å². The number of piperidine rings is 1. The number of nitrogens with zero attached hydrogens (tertiary/aromatic N) is 1. The zero-order valence-electron chi connectivity index (χ0n) is 22.4. The van der Waals surface area contributed by atoms with Gasteiger partial charge in [-0.25, -0.2) is 9.59 Å². The summed E-state index contributed by atoms with van der Waals surface area (Å²) in [5.41, 5.74) is 0.950. The van der Waals surface area contributed by atoms with Crippen LogP contribution in [0.4, 0.5) is 9.59 Å². The number of urea groups is 1. The molecule has 208 valence electrons. The first-order valence-corrected chi connectivity index (χ1v) is 14.4. The highest BCUT2D eigenvalue weighted by Gasteiger charge is 2.33. The van der Waals surface area contributed by atoms with E-state index in [9.17, 15) is 9.59 Å². The van der Waals surface area contributed by atoms with Crippen molar-refractivity contribution in [3.8, 4) is 0 Å². The lowest BCUT2D eigenvalue weighted by molar-refractivity contribution is -0.00858. The monoisotopic (exact) mass is 536 g/mol. The number of carbonyl (C=O) groups is 2. The van der Waals surface area contributed by atoms with E-state index < -0.39 is 6.09 Å². The molecule has 1 aliphatic carbocycles. The van der Waals surface area contributed by atoms with Gasteiger partial charge in [-0.1, -0.05) is 62.8 Å². The van der Waals surface area contributed by atoms with Gasteiger partial charge in [-0.3, -0.25) is 0 Å². The fraction of sp³-hybridized carbons (Fsp3) is 0.714. The number of hydrogen-bond acceptors (Lipinski definition) is 4. The highest BCUT2D eigenvalue weighted by molar-refractivity contribution is 6.30. The smallest absolute Gasteiger partial charge is 0.404 e. The van der Waals surface area contributed by atoms with Gasteiger partial charge in [-0.05, 0) is 56.3 Å². The molecule has 3 amide bonds. The summed E-state index contributed by atoms with van der Waals surface area (Å²) in [6.45, 7) is 3.92. The Morgan fingerprint density at radius 3 is 2.62 bits per heavy atom. The maximum Gasteiger partial charge on any atom is 0.404 e. The molecule has 1 aromatic carbocycles. The van der Waals surface area contributed by atoms with Crippen LogP contribution in [0.5, 0.6) is 0 Å². The van der Waals surface area contributed by atoms with Gasteiger partial charge >= 0.3 is 12.1 Å². The SMILES string of the molecule is CCC(NC)C(CC1CCCCC1)NC(=O)N1CCCC(C(OCCNC(=O)O)c2cccc(Cl)c2)C1. The number of benzene rings is 1. The van der Waals surface area contributed by atoms with Crippen LogP contribution in [-0.4, -0.2) is 67.5 Å². The molecule has 1 saturated carbocycles. The van der Waals surface area contributed by atoms with Gasteiger partial charge in [0.15, 0.2) is 0 Å². The van der Waals surface area contributed by atoms with Crippen molar-refractivity contribution in [1.29, 1.82) is 0 Å². The molecule has 1 aromatic rings. The third kappa shape index (κ3) is 9.34. The summed E-state index contributed by atoms with van der Waals surface area (Å²) in [5.74, 6) is 0.765. The van der Waals surface area contributed by atoms with Crippen LogP contribution in [0, 0.1) is 11.8 Å². The number of likely N-dealkylation sites (tertiary alicyclic amines) is 1. The van der Waals surface area contributed by atoms with Crippen molar-refractivity contribution < 1.29 is 19.4 Å². The number of rotatable bonds is 12. The molecule has 4 N–H and O–H groups in total. The minimum absolute atomic E-state index is 0.00315. The summed E-state index contributed by atoms with van der Waals surface area (Å²) in [4.78, 5) is 26.3. The van der Waals surface area contributed by atoms with E-state index in [1.54, 1.807) is 0 Å². The Hall–Kier alpha value is -2.03. The second-order valence-electron chi connectivity index (χ2n) is 10.5. The standard InChI is InChI=1S/C28H45ClN4O4/c1-3-24(30-2)25(17-20-9-5-4-6-10-20)32-27(34)33-15-8-12-22(19-33)26(37-16-14-31-28(35)36)21-11-7-13-23(29)18-21/h7,11,13,18,20,22,24-26,30-31H,3-6,8-10,12,14-17,19H2,1-2H3,(H,32,34)(H,35,36). The highest BCUT2D eigenvalue weighted by atomic mass is 35.5. The van der Waals surface area contributed by atoms with Gasteiger partial charge in [0.25, 0.3) is 0 Å². The average molecular weight is 537 g/mol. The van der Waals surface area contributed by atoms with Crippen LogP contribution < -0.4 is 16.0 Å². The lowest BCUT2D eigenvalue weighted by Gasteiger charge is -2.39. The van der Waals surface area contributed by atoms with Crippen molar-refractivity contribution in [2.75, 3.05) is 33.3 Å². The van der Waals surface area contributed by atoms with E-state index in [2.05, 4.69) is 22.9 Å². The molecule has 0 radical (unpaired) electrons. The Morgan fingerprint density at radius 2 is 1.95 bits per heavy atom. The van der Waals surface area contributed by atoms with Crippen molar-refractivity contribution in [3.05, 3.63) is 34.9 Å². The molecule has 9 heteroatoms. The second kappa shape index (κ2) is 15.4. The lowest BCUT2D eigenvalue weighted by atomic mass is 9.83. The molecule has 4 atom stereocenters. The van der Waals surface area contributed by atoms with Gasteiger partial charge in [0, 0.05) is 42.7 Å². The molecular weight excluding hydrogens is 492 g/mol. The number of amides is 3. The van der Waals surface area contributed by atoms with E-state index in [1.807, 2.05) is 36.2 Å². The van der Waals surface area contributed by atoms with E-state index in [4.69, 9.17) is 21.4 Å². The molecule has 1 aliphatic heterocycles. The number of nitrogens with one attached hydrogen (secondary N) is 3. The topological polar surface area (TPSA) is 103 Å². The van der Waals surface area contributed by atoms with Gasteiger partial charge in [-0.15, -0.1) is 0 Å². The third-order valence-electron chi connectivity index (χ3n) is 7.94. The number of ether oxygens (including phenoxy) is 1. The van der Waals surface area contributed by atoms with E-state index in [1.165, 1.54) is 32.1 Å². The zero-order chi connectivity index (χ0) is 26.6. The highest BCUT2D eigenvalue weighted by Crippen LogP contribution is 2.34. The van der Waals surface area contributed by atoms with Crippen LogP contribution in [0.1, 0.15) is 76.4 Å². The molecule has 3 rings (SSSR count). The molecule has 2 fully saturated rings. The van der Waals surface area contributed by atoms with Gasteiger partial charge < -0.3 is 30.7 Å². The number of carboxylic acid groups (broad SMARTS) is 1. The predicted molar refractivity (Wildman–Crippen MR) is 147 cm³/mol. The molecule has 8 nitrogen and oxygen atoms in total. The number of likely N-dealkylation sites (N-methyl/N-ethyl adjacent to an activating group) is 1. The van der Waals surface area contributed by atoms with Crippen molar-refractivity contribution >= 4 is 23.7 Å². The molecule has 0 spiro atoms. The molecule has 2 aliphatic rings. The first-order chi connectivity index (χ1) is 17.9. The molecule has 37 heavy (non-hydrogen) atoms.